The lowest BCUT2D eigenvalue weighted by Crippen LogP contribution is -2.31. The normalized spacial score (nSPS) is 20.8. The van der Waals surface area contributed by atoms with Crippen LogP contribution in [-0.4, -0.2) is 33.7 Å². The molecule has 1 aromatic carbocycles. The summed E-state index contributed by atoms with van der Waals surface area (Å²) in [5.74, 6) is 0.678. The van der Waals surface area contributed by atoms with Crippen molar-refractivity contribution in [3.63, 3.8) is 0 Å². The van der Waals surface area contributed by atoms with Gasteiger partial charge in [-0.25, -0.2) is 4.98 Å². The molecular formula is C17H22N2O2. The molecule has 1 fully saturated rings. The zero-order valence-corrected chi connectivity index (χ0v) is 12.4. The average Bonchev–Trinajstić information content (AvgIpc) is 3.10. The third kappa shape index (κ3) is 3.52. The molecule has 1 aromatic heterocycles. The summed E-state index contributed by atoms with van der Waals surface area (Å²) in [7, 11) is 0. The van der Waals surface area contributed by atoms with Crippen LogP contribution in [0.1, 0.15) is 31.9 Å². The van der Waals surface area contributed by atoms with Crippen molar-refractivity contribution >= 4 is 0 Å². The van der Waals surface area contributed by atoms with Gasteiger partial charge in [-0.2, -0.15) is 0 Å². The van der Waals surface area contributed by atoms with Gasteiger partial charge in [0.2, 0.25) is 5.89 Å². The minimum Gasteiger partial charge on any atom is -0.444 e. The lowest BCUT2D eigenvalue weighted by Gasteiger charge is -2.24. The van der Waals surface area contributed by atoms with Crippen molar-refractivity contribution in [1.82, 2.24) is 9.88 Å². The fourth-order valence-electron chi connectivity index (χ4n) is 3.06. The highest BCUT2D eigenvalue weighted by Crippen LogP contribution is 2.25. The largest absolute Gasteiger partial charge is 0.444 e. The number of likely N-dealkylation sites (tertiary alicyclic amines) is 1. The molecule has 0 radical (unpaired) electrons. The highest BCUT2D eigenvalue weighted by atomic mass is 16.3. The standard InChI is InChI=1S/C17H22N2O2/c1-13(20)10-16-8-5-9-19(16)11-15-12-21-17(18-15)14-6-3-2-4-7-14/h2-4,6-7,12-13,16,20H,5,8-11H2,1H3. The number of aromatic nitrogens is 1. The number of rotatable bonds is 5. The Morgan fingerprint density at radius 3 is 2.95 bits per heavy atom. The molecule has 4 heteroatoms. The SMILES string of the molecule is CC(O)CC1CCCN1Cc1coc(-c2ccccc2)n1. The van der Waals surface area contributed by atoms with Gasteiger partial charge in [-0.3, -0.25) is 4.90 Å². The van der Waals surface area contributed by atoms with Gasteiger partial charge in [-0.05, 0) is 44.9 Å². The van der Waals surface area contributed by atoms with Crippen LogP contribution in [0, 0.1) is 0 Å². The van der Waals surface area contributed by atoms with E-state index in [1.165, 1.54) is 6.42 Å². The van der Waals surface area contributed by atoms with Crippen LogP contribution >= 0.6 is 0 Å². The van der Waals surface area contributed by atoms with Gasteiger partial charge >= 0.3 is 0 Å². The topological polar surface area (TPSA) is 49.5 Å². The predicted molar refractivity (Wildman–Crippen MR) is 81.7 cm³/mol. The maximum Gasteiger partial charge on any atom is 0.226 e. The van der Waals surface area contributed by atoms with E-state index in [1.807, 2.05) is 37.3 Å². The van der Waals surface area contributed by atoms with E-state index in [0.717, 1.165) is 37.2 Å². The Bertz CT molecular complexity index is 565. The molecule has 1 saturated heterocycles. The first-order valence-corrected chi connectivity index (χ1v) is 7.64. The number of oxazole rings is 1. The Morgan fingerprint density at radius 2 is 2.19 bits per heavy atom. The Hall–Kier alpha value is -1.65. The number of aliphatic hydroxyl groups is 1. The first-order valence-electron chi connectivity index (χ1n) is 7.64. The van der Waals surface area contributed by atoms with Gasteiger partial charge in [0.15, 0.2) is 0 Å². The summed E-state index contributed by atoms with van der Waals surface area (Å²) < 4.78 is 5.59. The highest BCUT2D eigenvalue weighted by molar-refractivity contribution is 5.52. The van der Waals surface area contributed by atoms with Crippen molar-refractivity contribution < 1.29 is 9.52 Å². The molecule has 3 rings (SSSR count). The van der Waals surface area contributed by atoms with Gasteiger partial charge in [0, 0.05) is 18.2 Å². The minimum atomic E-state index is -0.243. The molecule has 2 unspecified atom stereocenters. The fraction of sp³-hybridized carbons (Fsp3) is 0.471. The Labute approximate surface area is 125 Å². The van der Waals surface area contributed by atoms with Crippen molar-refractivity contribution in [2.45, 2.75) is 44.9 Å². The van der Waals surface area contributed by atoms with Crippen LogP contribution in [0.15, 0.2) is 41.0 Å². The van der Waals surface area contributed by atoms with E-state index in [4.69, 9.17) is 4.42 Å². The zero-order valence-electron chi connectivity index (χ0n) is 12.4. The molecule has 0 amide bonds. The van der Waals surface area contributed by atoms with Crippen molar-refractivity contribution in [2.75, 3.05) is 6.54 Å². The van der Waals surface area contributed by atoms with Crippen molar-refractivity contribution in [2.24, 2.45) is 0 Å². The zero-order chi connectivity index (χ0) is 14.7. The number of hydrogen-bond donors (Lipinski definition) is 1. The summed E-state index contributed by atoms with van der Waals surface area (Å²) in [5.41, 5.74) is 1.97. The van der Waals surface area contributed by atoms with E-state index in [1.54, 1.807) is 6.26 Å². The highest BCUT2D eigenvalue weighted by Gasteiger charge is 2.26. The maximum atomic E-state index is 9.59. The van der Waals surface area contributed by atoms with Gasteiger partial charge in [0.05, 0.1) is 11.8 Å². The van der Waals surface area contributed by atoms with Crippen LogP contribution < -0.4 is 0 Å². The Balaban J connectivity index is 1.67. The van der Waals surface area contributed by atoms with Crippen LogP contribution in [0.5, 0.6) is 0 Å². The second-order valence-corrected chi connectivity index (χ2v) is 5.86. The second-order valence-electron chi connectivity index (χ2n) is 5.86. The van der Waals surface area contributed by atoms with Gasteiger partial charge in [0.25, 0.3) is 0 Å². The summed E-state index contributed by atoms with van der Waals surface area (Å²) in [6.07, 6.45) is 4.70. The molecule has 0 aliphatic carbocycles. The van der Waals surface area contributed by atoms with Crippen molar-refractivity contribution in [3.8, 4) is 11.5 Å². The molecule has 0 bridgehead atoms. The molecule has 4 nitrogen and oxygen atoms in total. The van der Waals surface area contributed by atoms with Crippen molar-refractivity contribution in [3.05, 3.63) is 42.3 Å². The Morgan fingerprint density at radius 1 is 1.38 bits per heavy atom. The third-order valence-electron chi connectivity index (χ3n) is 4.05. The second kappa shape index (κ2) is 6.41. The summed E-state index contributed by atoms with van der Waals surface area (Å²) in [5, 5.41) is 9.59. The number of aliphatic hydroxyl groups excluding tert-OH is 1. The van der Waals surface area contributed by atoms with Crippen LogP contribution in [-0.2, 0) is 6.54 Å². The molecule has 112 valence electrons. The van der Waals surface area contributed by atoms with Gasteiger partial charge in [0.1, 0.15) is 6.26 Å². The molecule has 21 heavy (non-hydrogen) atoms. The molecule has 0 spiro atoms. The average molecular weight is 286 g/mol. The fourth-order valence-corrected chi connectivity index (χ4v) is 3.06. The molecule has 2 aromatic rings. The van der Waals surface area contributed by atoms with E-state index in [9.17, 15) is 5.11 Å². The molecular weight excluding hydrogens is 264 g/mol. The number of hydrogen-bond acceptors (Lipinski definition) is 4. The molecule has 1 aliphatic heterocycles. The molecule has 2 atom stereocenters. The van der Waals surface area contributed by atoms with Gasteiger partial charge < -0.3 is 9.52 Å². The van der Waals surface area contributed by atoms with E-state index in [-0.39, 0.29) is 6.10 Å². The first-order chi connectivity index (χ1) is 10.2. The summed E-state index contributed by atoms with van der Waals surface area (Å²) >= 11 is 0. The first kappa shape index (κ1) is 14.3. The van der Waals surface area contributed by atoms with Crippen LogP contribution in [0.2, 0.25) is 0 Å². The van der Waals surface area contributed by atoms with Gasteiger partial charge in [-0.15, -0.1) is 0 Å². The van der Waals surface area contributed by atoms with E-state index in [2.05, 4.69) is 9.88 Å². The molecule has 1 N–H and O–H groups in total. The number of benzene rings is 1. The minimum absolute atomic E-state index is 0.243. The number of nitrogens with zero attached hydrogens (tertiary/aromatic N) is 2. The van der Waals surface area contributed by atoms with E-state index >= 15 is 0 Å². The summed E-state index contributed by atoms with van der Waals surface area (Å²) in [6, 6.07) is 10.4. The van der Waals surface area contributed by atoms with Crippen molar-refractivity contribution in [1.29, 1.82) is 0 Å². The van der Waals surface area contributed by atoms with E-state index in [0.29, 0.717) is 11.9 Å². The molecule has 1 aliphatic rings. The quantitative estimate of drug-likeness (QED) is 0.917. The van der Waals surface area contributed by atoms with Gasteiger partial charge in [-0.1, -0.05) is 18.2 Å². The smallest absolute Gasteiger partial charge is 0.226 e. The monoisotopic (exact) mass is 286 g/mol. The summed E-state index contributed by atoms with van der Waals surface area (Å²) in [6.45, 7) is 3.73. The van der Waals surface area contributed by atoms with Crippen LogP contribution in [0.3, 0.4) is 0 Å². The van der Waals surface area contributed by atoms with E-state index < -0.39 is 0 Å². The maximum absolute atomic E-state index is 9.59. The lowest BCUT2D eigenvalue weighted by molar-refractivity contribution is 0.130. The molecule has 0 saturated carbocycles. The Kier molecular flexibility index (Phi) is 4.36. The molecule has 2 heterocycles. The third-order valence-corrected chi connectivity index (χ3v) is 4.05. The van der Waals surface area contributed by atoms with Crippen LogP contribution in [0.25, 0.3) is 11.5 Å². The predicted octanol–water partition coefficient (Wildman–Crippen LogP) is 3.08. The summed E-state index contributed by atoms with van der Waals surface area (Å²) in [4.78, 5) is 6.99. The van der Waals surface area contributed by atoms with Crippen LogP contribution in [0.4, 0.5) is 0 Å². The lowest BCUT2D eigenvalue weighted by atomic mass is 10.1.